The fourth-order valence-corrected chi connectivity index (χ4v) is 1.77. The van der Waals surface area contributed by atoms with E-state index in [9.17, 15) is 4.39 Å². The SMILES string of the molecule is Cc1cccc(-n2ncc(CCCN)c2F)c1. The molecule has 0 saturated heterocycles. The number of nitrogens with zero attached hydrogens (tertiary/aromatic N) is 2. The Hall–Kier alpha value is -1.68. The molecule has 1 heterocycles. The third kappa shape index (κ3) is 2.53. The third-order valence-electron chi connectivity index (χ3n) is 2.68. The van der Waals surface area contributed by atoms with E-state index < -0.39 is 0 Å². The lowest BCUT2D eigenvalue weighted by Crippen LogP contribution is -2.03. The Balaban J connectivity index is 2.30. The molecule has 0 amide bonds. The minimum atomic E-state index is -0.288. The van der Waals surface area contributed by atoms with Gasteiger partial charge in [-0.1, -0.05) is 12.1 Å². The molecule has 1 aromatic carbocycles. The zero-order chi connectivity index (χ0) is 12.3. The first-order chi connectivity index (χ1) is 8.22. The largest absolute Gasteiger partial charge is 0.330 e. The number of rotatable bonds is 4. The maximum Gasteiger partial charge on any atom is 0.219 e. The Morgan fingerprint density at radius 1 is 1.41 bits per heavy atom. The predicted molar refractivity (Wildman–Crippen MR) is 65.6 cm³/mol. The molecule has 0 aliphatic rings. The van der Waals surface area contributed by atoms with Crippen LogP contribution < -0.4 is 5.73 Å². The van der Waals surface area contributed by atoms with Crippen LogP contribution in [0.25, 0.3) is 5.69 Å². The quantitative estimate of drug-likeness (QED) is 0.879. The Morgan fingerprint density at radius 2 is 2.24 bits per heavy atom. The maximum atomic E-state index is 14.0. The van der Waals surface area contributed by atoms with Crippen molar-refractivity contribution in [3.63, 3.8) is 0 Å². The number of aromatic nitrogens is 2. The van der Waals surface area contributed by atoms with E-state index in [-0.39, 0.29) is 5.95 Å². The minimum Gasteiger partial charge on any atom is -0.330 e. The number of aryl methyl sites for hydroxylation is 2. The molecule has 0 unspecified atom stereocenters. The predicted octanol–water partition coefficient (Wildman–Crippen LogP) is 2.21. The van der Waals surface area contributed by atoms with Gasteiger partial charge in [0.2, 0.25) is 5.95 Å². The summed E-state index contributed by atoms with van der Waals surface area (Å²) in [5.41, 5.74) is 7.87. The van der Waals surface area contributed by atoms with E-state index in [2.05, 4.69) is 5.10 Å². The van der Waals surface area contributed by atoms with Crippen LogP contribution in [0.3, 0.4) is 0 Å². The summed E-state index contributed by atoms with van der Waals surface area (Å²) >= 11 is 0. The van der Waals surface area contributed by atoms with Gasteiger partial charge in [-0.25, -0.2) is 4.68 Å². The first-order valence-electron chi connectivity index (χ1n) is 5.72. The normalized spacial score (nSPS) is 10.8. The average Bonchev–Trinajstić information content (AvgIpc) is 2.68. The van der Waals surface area contributed by atoms with Gasteiger partial charge in [0.15, 0.2) is 0 Å². The summed E-state index contributed by atoms with van der Waals surface area (Å²) in [4.78, 5) is 0. The number of hydrogen-bond acceptors (Lipinski definition) is 2. The zero-order valence-corrected chi connectivity index (χ0v) is 9.86. The van der Waals surface area contributed by atoms with E-state index in [1.54, 1.807) is 6.20 Å². The lowest BCUT2D eigenvalue weighted by Gasteiger charge is -2.03. The van der Waals surface area contributed by atoms with Crippen LogP contribution >= 0.6 is 0 Å². The van der Waals surface area contributed by atoms with Crippen molar-refractivity contribution >= 4 is 0 Å². The van der Waals surface area contributed by atoms with Gasteiger partial charge in [0.1, 0.15) is 0 Å². The second-order valence-electron chi connectivity index (χ2n) is 4.10. The van der Waals surface area contributed by atoms with Crippen molar-refractivity contribution in [3.05, 3.63) is 47.5 Å². The van der Waals surface area contributed by atoms with Crippen molar-refractivity contribution in [3.8, 4) is 5.69 Å². The molecule has 90 valence electrons. The molecular weight excluding hydrogens is 217 g/mol. The summed E-state index contributed by atoms with van der Waals surface area (Å²) in [6.45, 7) is 2.54. The van der Waals surface area contributed by atoms with E-state index in [4.69, 9.17) is 5.73 Å². The Bertz CT molecular complexity index is 505. The number of benzene rings is 1. The van der Waals surface area contributed by atoms with Gasteiger partial charge in [0, 0.05) is 5.56 Å². The van der Waals surface area contributed by atoms with Crippen LogP contribution in [0.1, 0.15) is 17.5 Å². The number of hydrogen-bond donors (Lipinski definition) is 1. The van der Waals surface area contributed by atoms with Crippen LogP contribution in [0.2, 0.25) is 0 Å². The van der Waals surface area contributed by atoms with E-state index in [1.165, 1.54) is 4.68 Å². The molecule has 4 heteroatoms. The zero-order valence-electron chi connectivity index (χ0n) is 9.86. The lowest BCUT2D eigenvalue weighted by molar-refractivity contribution is 0.524. The minimum absolute atomic E-state index is 0.288. The maximum absolute atomic E-state index is 14.0. The van der Waals surface area contributed by atoms with Gasteiger partial charge in [0.05, 0.1) is 11.9 Å². The molecule has 3 nitrogen and oxygen atoms in total. The number of nitrogens with two attached hydrogens (primary N) is 1. The molecule has 0 bridgehead atoms. The topological polar surface area (TPSA) is 43.8 Å². The van der Waals surface area contributed by atoms with Crippen molar-refractivity contribution < 1.29 is 4.39 Å². The summed E-state index contributed by atoms with van der Waals surface area (Å²) in [6, 6.07) is 7.62. The van der Waals surface area contributed by atoms with Gasteiger partial charge in [-0.15, -0.1) is 0 Å². The molecule has 0 aliphatic carbocycles. The Morgan fingerprint density at radius 3 is 2.94 bits per heavy atom. The van der Waals surface area contributed by atoms with Crippen LogP contribution in [0.15, 0.2) is 30.5 Å². The average molecular weight is 233 g/mol. The van der Waals surface area contributed by atoms with E-state index >= 15 is 0 Å². The smallest absolute Gasteiger partial charge is 0.219 e. The van der Waals surface area contributed by atoms with Crippen LogP contribution in [0.4, 0.5) is 4.39 Å². The molecular formula is C13H16FN3. The highest BCUT2D eigenvalue weighted by Crippen LogP contribution is 2.15. The van der Waals surface area contributed by atoms with Gasteiger partial charge < -0.3 is 5.73 Å². The highest BCUT2D eigenvalue weighted by Gasteiger charge is 2.11. The summed E-state index contributed by atoms with van der Waals surface area (Å²) < 4.78 is 15.4. The second kappa shape index (κ2) is 5.10. The van der Waals surface area contributed by atoms with Gasteiger partial charge >= 0.3 is 0 Å². The summed E-state index contributed by atoms with van der Waals surface area (Å²) in [5, 5.41) is 4.08. The molecule has 0 atom stereocenters. The van der Waals surface area contributed by atoms with E-state index in [0.717, 1.165) is 17.7 Å². The van der Waals surface area contributed by atoms with Crippen LogP contribution in [-0.4, -0.2) is 16.3 Å². The molecule has 2 aromatic rings. The third-order valence-corrected chi connectivity index (χ3v) is 2.68. The van der Waals surface area contributed by atoms with Crippen molar-refractivity contribution in [1.29, 1.82) is 0 Å². The van der Waals surface area contributed by atoms with Gasteiger partial charge in [-0.05, 0) is 44.0 Å². The fourth-order valence-electron chi connectivity index (χ4n) is 1.77. The first-order valence-corrected chi connectivity index (χ1v) is 5.72. The molecule has 0 radical (unpaired) electrons. The number of halogens is 1. The van der Waals surface area contributed by atoms with Gasteiger partial charge in [-0.3, -0.25) is 0 Å². The monoisotopic (exact) mass is 233 g/mol. The van der Waals surface area contributed by atoms with Crippen molar-refractivity contribution in [2.45, 2.75) is 19.8 Å². The first kappa shape index (κ1) is 11.8. The molecule has 0 spiro atoms. The van der Waals surface area contributed by atoms with Crippen LogP contribution in [0, 0.1) is 12.9 Å². The Labute approximate surface area is 100 Å². The van der Waals surface area contributed by atoms with E-state index in [0.29, 0.717) is 18.5 Å². The van der Waals surface area contributed by atoms with E-state index in [1.807, 2.05) is 31.2 Å². The summed E-state index contributed by atoms with van der Waals surface area (Å²) in [6.07, 6.45) is 2.98. The van der Waals surface area contributed by atoms with Crippen LogP contribution in [-0.2, 0) is 6.42 Å². The molecule has 0 saturated carbocycles. The molecule has 0 fully saturated rings. The highest BCUT2D eigenvalue weighted by molar-refractivity contribution is 5.35. The summed E-state index contributed by atoms with van der Waals surface area (Å²) in [5.74, 6) is -0.288. The van der Waals surface area contributed by atoms with Crippen LogP contribution in [0.5, 0.6) is 0 Å². The second-order valence-corrected chi connectivity index (χ2v) is 4.10. The standard InChI is InChI=1S/C13H16FN3/c1-10-4-2-6-12(8-10)17-13(14)11(9-16-17)5-3-7-15/h2,4,6,8-9H,3,5,7,15H2,1H3. The molecule has 2 N–H and O–H groups in total. The van der Waals surface area contributed by atoms with Crippen molar-refractivity contribution in [2.75, 3.05) is 6.54 Å². The summed E-state index contributed by atoms with van der Waals surface area (Å²) in [7, 11) is 0. The molecule has 17 heavy (non-hydrogen) atoms. The fraction of sp³-hybridized carbons (Fsp3) is 0.308. The molecule has 1 aromatic heterocycles. The van der Waals surface area contributed by atoms with Gasteiger partial charge in [-0.2, -0.15) is 9.49 Å². The lowest BCUT2D eigenvalue weighted by atomic mass is 10.2. The highest BCUT2D eigenvalue weighted by atomic mass is 19.1. The van der Waals surface area contributed by atoms with Gasteiger partial charge in [0.25, 0.3) is 0 Å². The van der Waals surface area contributed by atoms with Crippen molar-refractivity contribution in [2.24, 2.45) is 5.73 Å². The van der Waals surface area contributed by atoms with Crippen molar-refractivity contribution in [1.82, 2.24) is 9.78 Å². The molecule has 2 rings (SSSR count). The molecule has 0 aliphatic heterocycles. The Kier molecular flexibility index (Phi) is 3.54.